The molecule has 0 aliphatic rings. The van der Waals surface area contributed by atoms with Gasteiger partial charge < -0.3 is 15.0 Å². The number of benzene rings is 2. The van der Waals surface area contributed by atoms with Gasteiger partial charge in [0.15, 0.2) is 0 Å². The molecule has 114 valence electrons. The number of nitrogens with one attached hydrogen (secondary N) is 1. The molecule has 0 aliphatic heterocycles. The number of amides is 1. The lowest BCUT2D eigenvalue weighted by molar-refractivity contribution is -0.114. The standard InChI is InChI=1S/C18H20N2O2/c1-3-13-22-17-12-8-7-11-16(17)19-18(21)14-20(2)15-9-5-4-6-10-15/h3-12H,1,13-14H2,2H3,(H,19,21). The molecule has 1 N–H and O–H groups in total. The fraction of sp³-hybridized carbons (Fsp3) is 0.167. The van der Waals surface area contributed by atoms with Gasteiger partial charge in [-0.25, -0.2) is 0 Å². The molecule has 0 bridgehead atoms. The third-order valence-corrected chi connectivity index (χ3v) is 3.10. The predicted molar refractivity (Wildman–Crippen MR) is 90.5 cm³/mol. The van der Waals surface area contributed by atoms with Crippen LogP contribution in [0.5, 0.6) is 5.75 Å². The van der Waals surface area contributed by atoms with E-state index in [0.29, 0.717) is 18.0 Å². The summed E-state index contributed by atoms with van der Waals surface area (Å²) in [5.74, 6) is 0.541. The molecule has 4 nitrogen and oxygen atoms in total. The summed E-state index contributed by atoms with van der Waals surface area (Å²) in [5.41, 5.74) is 1.66. The van der Waals surface area contributed by atoms with Gasteiger partial charge in [-0.05, 0) is 24.3 Å². The van der Waals surface area contributed by atoms with E-state index in [0.717, 1.165) is 5.69 Å². The molecule has 1 amide bonds. The summed E-state index contributed by atoms with van der Waals surface area (Å²) in [7, 11) is 1.88. The Labute approximate surface area is 131 Å². The Morgan fingerprint density at radius 2 is 1.86 bits per heavy atom. The molecule has 0 aromatic heterocycles. The number of para-hydroxylation sites is 3. The van der Waals surface area contributed by atoms with E-state index in [1.54, 1.807) is 6.08 Å². The van der Waals surface area contributed by atoms with Crippen LogP contribution in [0, 0.1) is 0 Å². The minimum atomic E-state index is -0.0963. The largest absolute Gasteiger partial charge is 0.487 e. The fourth-order valence-electron chi connectivity index (χ4n) is 2.02. The van der Waals surface area contributed by atoms with Crippen LogP contribution < -0.4 is 15.0 Å². The van der Waals surface area contributed by atoms with Crippen molar-refractivity contribution in [2.75, 3.05) is 30.4 Å². The molecule has 0 atom stereocenters. The number of ether oxygens (including phenoxy) is 1. The molecule has 0 heterocycles. The third kappa shape index (κ3) is 4.38. The van der Waals surface area contributed by atoms with Crippen LogP contribution in [-0.4, -0.2) is 26.1 Å². The number of carbonyl (C=O) groups is 1. The highest BCUT2D eigenvalue weighted by molar-refractivity contribution is 5.95. The highest BCUT2D eigenvalue weighted by Crippen LogP contribution is 2.23. The first-order valence-electron chi connectivity index (χ1n) is 7.09. The Balaban J connectivity index is 1.99. The van der Waals surface area contributed by atoms with Crippen LogP contribution in [0.3, 0.4) is 0 Å². The maximum atomic E-state index is 12.2. The van der Waals surface area contributed by atoms with Crippen molar-refractivity contribution in [3.63, 3.8) is 0 Å². The normalized spacial score (nSPS) is 9.86. The van der Waals surface area contributed by atoms with Crippen LogP contribution in [0.2, 0.25) is 0 Å². The van der Waals surface area contributed by atoms with Gasteiger partial charge in [-0.2, -0.15) is 0 Å². The van der Waals surface area contributed by atoms with Crippen LogP contribution in [-0.2, 0) is 4.79 Å². The van der Waals surface area contributed by atoms with Crippen molar-refractivity contribution in [1.82, 2.24) is 0 Å². The number of hydrogen-bond donors (Lipinski definition) is 1. The number of nitrogens with zero attached hydrogens (tertiary/aromatic N) is 1. The molecule has 2 aromatic carbocycles. The van der Waals surface area contributed by atoms with E-state index in [-0.39, 0.29) is 12.5 Å². The first-order chi connectivity index (χ1) is 10.7. The maximum absolute atomic E-state index is 12.2. The molecule has 2 rings (SSSR count). The van der Waals surface area contributed by atoms with Crippen LogP contribution in [0.25, 0.3) is 0 Å². The highest BCUT2D eigenvalue weighted by Gasteiger charge is 2.10. The predicted octanol–water partition coefficient (Wildman–Crippen LogP) is 3.33. The Bertz CT molecular complexity index is 626. The van der Waals surface area contributed by atoms with E-state index >= 15 is 0 Å². The van der Waals surface area contributed by atoms with Gasteiger partial charge in [0.25, 0.3) is 0 Å². The zero-order valence-corrected chi connectivity index (χ0v) is 12.7. The Hall–Kier alpha value is -2.75. The number of carbonyl (C=O) groups excluding carboxylic acids is 1. The highest BCUT2D eigenvalue weighted by atomic mass is 16.5. The number of hydrogen-bond acceptors (Lipinski definition) is 3. The van der Waals surface area contributed by atoms with E-state index in [2.05, 4.69) is 11.9 Å². The summed E-state index contributed by atoms with van der Waals surface area (Å²) in [5, 5.41) is 2.88. The summed E-state index contributed by atoms with van der Waals surface area (Å²) >= 11 is 0. The third-order valence-electron chi connectivity index (χ3n) is 3.10. The molecule has 0 radical (unpaired) electrons. The fourth-order valence-corrected chi connectivity index (χ4v) is 2.02. The quantitative estimate of drug-likeness (QED) is 0.797. The van der Waals surface area contributed by atoms with E-state index in [9.17, 15) is 4.79 Å². The Morgan fingerprint density at radius 3 is 2.59 bits per heavy atom. The van der Waals surface area contributed by atoms with Gasteiger partial charge in [-0.3, -0.25) is 4.79 Å². The van der Waals surface area contributed by atoms with E-state index in [1.807, 2.05) is 66.5 Å². The summed E-state index contributed by atoms with van der Waals surface area (Å²) in [4.78, 5) is 14.1. The van der Waals surface area contributed by atoms with Gasteiger partial charge in [-0.1, -0.05) is 43.0 Å². The molecule has 0 saturated heterocycles. The molecule has 0 saturated carbocycles. The second-order valence-corrected chi connectivity index (χ2v) is 4.84. The van der Waals surface area contributed by atoms with E-state index in [4.69, 9.17) is 4.74 Å². The van der Waals surface area contributed by atoms with E-state index < -0.39 is 0 Å². The van der Waals surface area contributed by atoms with Gasteiger partial charge in [-0.15, -0.1) is 0 Å². The van der Waals surface area contributed by atoms with Gasteiger partial charge in [0, 0.05) is 12.7 Å². The average Bonchev–Trinajstić information content (AvgIpc) is 2.54. The number of rotatable bonds is 7. The van der Waals surface area contributed by atoms with Crippen molar-refractivity contribution < 1.29 is 9.53 Å². The molecule has 0 fully saturated rings. The zero-order chi connectivity index (χ0) is 15.8. The molecule has 22 heavy (non-hydrogen) atoms. The lowest BCUT2D eigenvalue weighted by atomic mass is 10.2. The summed E-state index contributed by atoms with van der Waals surface area (Å²) in [6, 6.07) is 17.1. The van der Waals surface area contributed by atoms with Gasteiger partial charge >= 0.3 is 0 Å². The minimum absolute atomic E-state index is 0.0963. The van der Waals surface area contributed by atoms with Gasteiger partial charge in [0.05, 0.1) is 12.2 Å². The Kier molecular flexibility index (Phi) is 5.60. The first kappa shape index (κ1) is 15.6. The van der Waals surface area contributed by atoms with Crippen LogP contribution in [0.4, 0.5) is 11.4 Å². The van der Waals surface area contributed by atoms with Gasteiger partial charge in [0.2, 0.25) is 5.91 Å². The van der Waals surface area contributed by atoms with Crippen molar-refractivity contribution in [1.29, 1.82) is 0 Å². The number of likely N-dealkylation sites (N-methyl/N-ethyl adjacent to an activating group) is 1. The average molecular weight is 296 g/mol. The minimum Gasteiger partial charge on any atom is -0.487 e. The molecule has 4 heteroatoms. The second-order valence-electron chi connectivity index (χ2n) is 4.84. The van der Waals surface area contributed by atoms with Crippen molar-refractivity contribution >= 4 is 17.3 Å². The monoisotopic (exact) mass is 296 g/mol. The SMILES string of the molecule is C=CCOc1ccccc1NC(=O)CN(C)c1ccccc1. The van der Waals surface area contributed by atoms with Crippen LogP contribution in [0.15, 0.2) is 67.3 Å². The maximum Gasteiger partial charge on any atom is 0.243 e. The summed E-state index contributed by atoms with van der Waals surface area (Å²) in [6.45, 7) is 4.28. The van der Waals surface area contributed by atoms with Crippen molar-refractivity contribution in [3.05, 3.63) is 67.3 Å². The smallest absolute Gasteiger partial charge is 0.243 e. The number of anilines is 2. The van der Waals surface area contributed by atoms with E-state index in [1.165, 1.54) is 0 Å². The summed E-state index contributed by atoms with van der Waals surface area (Å²) in [6.07, 6.45) is 1.67. The molecule has 2 aromatic rings. The molecule has 0 unspecified atom stereocenters. The first-order valence-corrected chi connectivity index (χ1v) is 7.09. The van der Waals surface area contributed by atoms with Crippen molar-refractivity contribution in [3.8, 4) is 5.75 Å². The lowest BCUT2D eigenvalue weighted by Crippen LogP contribution is -2.30. The van der Waals surface area contributed by atoms with Crippen LogP contribution in [0.1, 0.15) is 0 Å². The van der Waals surface area contributed by atoms with Crippen molar-refractivity contribution in [2.24, 2.45) is 0 Å². The molecule has 0 spiro atoms. The zero-order valence-electron chi connectivity index (χ0n) is 12.7. The second kappa shape index (κ2) is 7.88. The van der Waals surface area contributed by atoms with Gasteiger partial charge in [0.1, 0.15) is 12.4 Å². The topological polar surface area (TPSA) is 41.6 Å². The van der Waals surface area contributed by atoms with Crippen LogP contribution >= 0.6 is 0 Å². The molecular formula is C18H20N2O2. The summed E-state index contributed by atoms with van der Waals surface area (Å²) < 4.78 is 5.53. The molecule has 0 aliphatic carbocycles. The lowest BCUT2D eigenvalue weighted by Gasteiger charge is -2.19. The molecular weight excluding hydrogens is 276 g/mol. The van der Waals surface area contributed by atoms with Crippen molar-refractivity contribution in [2.45, 2.75) is 0 Å². The Morgan fingerprint density at radius 1 is 1.18 bits per heavy atom.